The van der Waals surface area contributed by atoms with Crippen molar-refractivity contribution < 1.29 is 19.8 Å². The number of aliphatic carboxylic acids is 1. The van der Waals surface area contributed by atoms with Crippen LogP contribution in [-0.4, -0.2) is 40.8 Å². The van der Waals surface area contributed by atoms with E-state index in [-0.39, 0.29) is 12.5 Å². The summed E-state index contributed by atoms with van der Waals surface area (Å²) in [7, 11) is 0. The Balaban J connectivity index is 3.95. The number of amides is 1. The van der Waals surface area contributed by atoms with E-state index in [9.17, 15) is 14.7 Å². The van der Waals surface area contributed by atoms with Crippen LogP contribution in [0, 0.1) is 5.92 Å². The molecule has 0 bridgehead atoms. The van der Waals surface area contributed by atoms with Crippen molar-refractivity contribution >= 4 is 11.9 Å². The molecule has 0 saturated heterocycles. The van der Waals surface area contributed by atoms with Gasteiger partial charge in [-0.15, -0.1) is 0 Å². The first kappa shape index (κ1) is 16.9. The third-order valence-electron chi connectivity index (χ3n) is 3.02. The third kappa shape index (κ3) is 6.56. The van der Waals surface area contributed by atoms with E-state index in [0.717, 1.165) is 26.2 Å². The van der Waals surface area contributed by atoms with Crippen LogP contribution in [-0.2, 0) is 9.59 Å². The molecule has 18 heavy (non-hydrogen) atoms. The lowest BCUT2D eigenvalue weighted by molar-refractivity contribution is -0.156. The summed E-state index contributed by atoms with van der Waals surface area (Å²) in [6, 6.07) is 0. The molecule has 0 aromatic carbocycles. The SMILES string of the molecule is CCC(CCN)CCC(=O)NCC(C)(O)C(=O)O. The molecule has 0 rings (SSSR count). The maximum Gasteiger partial charge on any atom is 0.337 e. The molecular weight excluding hydrogens is 236 g/mol. The molecule has 6 heteroatoms. The van der Waals surface area contributed by atoms with Crippen molar-refractivity contribution in [3.63, 3.8) is 0 Å². The largest absolute Gasteiger partial charge is 0.479 e. The molecule has 0 aliphatic heterocycles. The second kappa shape index (κ2) is 8.05. The van der Waals surface area contributed by atoms with Crippen molar-refractivity contribution in [2.75, 3.05) is 13.1 Å². The predicted molar refractivity (Wildman–Crippen MR) is 68.0 cm³/mol. The Bertz CT molecular complexity index is 279. The average molecular weight is 260 g/mol. The van der Waals surface area contributed by atoms with Crippen LogP contribution in [0.3, 0.4) is 0 Å². The second-order valence-corrected chi connectivity index (χ2v) is 4.75. The Morgan fingerprint density at radius 3 is 2.44 bits per heavy atom. The van der Waals surface area contributed by atoms with Crippen LogP contribution in [0.25, 0.3) is 0 Å². The number of nitrogens with one attached hydrogen (secondary N) is 1. The minimum atomic E-state index is -1.92. The number of rotatable bonds is 9. The average Bonchev–Trinajstić information content (AvgIpc) is 2.31. The van der Waals surface area contributed by atoms with E-state index in [4.69, 9.17) is 10.8 Å². The van der Waals surface area contributed by atoms with Crippen molar-refractivity contribution in [3.8, 4) is 0 Å². The highest BCUT2D eigenvalue weighted by molar-refractivity contribution is 5.80. The normalized spacial score (nSPS) is 15.8. The molecule has 0 fully saturated rings. The van der Waals surface area contributed by atoms with Crippen LogP contribution in [0.5, 0.6) is 0 Å². The van der Waals surface area contributed by atoms with Crippen molar-refractivity contribution in [3.05, 3.63) is 0 Å². The van der Waals surface area contributed by atoms with Gasteiger partial charge in [-0.2, -0.15) is 0 Å². The third-order valence-corrected chi connectivity index (χ3v) is 3.02. The molecule has 0 radical (unpaired) electrons. The minimum absolute atomic E-state index is 0.244. The summed E-state index contributed by atoms with van der Waals surface area (Å²) in [6.07, 6.45) is 2.91. The fourth-order valence-corrected chi connectivity index (χ4v) is 1.56. The van der Waals surface area contributed by atoms with Crippen LogP contribution in [0.4, 0.5) is 0 Å². The Labute approximate surface area is 108 Å². The second-order valence-electron chi connectivity index (χ2n) is 4.75. The maximum absolute atomic E-state index is 11.5. The summed E-state index contributed by atoms with van der Waals surface area (Å²) in [5.41, 5.74) is 3.54. The van der Waals surface area contributed by atoms with E-state index in [1.807, 2.05) is 6.92 Å². The number of nitrogens with two attached hydrogens (primary N) is 1. The van der Waals surface area contributed by atoms with Gasteiger partial charge in [0, 0.05) is 6.42 Å². The van der Waals surface area contributed by atoms with Gasteiger partial charge in [0.15, 0.2) is 5.60 Å². The highest BCUT2D eigenvalue weighted by atomic mass is 16.4. The van der Waals surface area contributed by atoms with Gasteiger partial charge >= 0.3 is 5.97 Å². The number of aliphatic hydroxyl groups is 1. The van der Waals surface area contributed by atoms with Gasteiger partial charge in [0.05, 0.1) is 6.54 Å². The number of carbonyl (C=O) groups excluding carboxylic acids is 1. The van der Waals surface area contributed by atoms with Crippen LogP contribution >= 0.6 is 0 Å². The van der Waals surface area contributed by atoms with Gasteiger partial charge in [-0.1, -0.05) is 13.3 Å². The van der Waals surface area contributed by atoms with Crippen molar-refractivity contribution in [1.29, 1.82) is 0 Å². The lowest BCUT2D eigenvalue weighted by Gasteiger charge is -2.19. The van der Waals surface area contributed by atoms with Crippen molar-refractivity contribution in [2.45, 2.75) is 45.1 Å². The summed E-state index contributed by atoms with van der Waals surface area (Å²) in [5, 5.41) is 20.5. The van der Waals surface area contributed by atoms with Crippen molar-refractivity contribution in [2.24, 2.45) is 11.7 Å². The van der Waals surface area contributed by atoms with Gasteiger partial charge < -0.3 is 21.3 Å². The first-order valence-corrected chi connectivity index (χ1v) is 6.26. The Hall–Kier alpha value is -1.14. The Kier molecular flexibility index (Phi) is 7.54. The molecule has 0 aromatic heterocycles. The summed E-state index contributed by atoms with van der Waals surface area (Å²) in [6.45, 7) is 3.52. The van der Waals surface area contributed by atoms with E-state index in [2.05, 4.69) is 5.32 Å². The van der Waals surface area contributed by atoms with Gasteiger partial charge in [0.2, 0.25) is 5.91 Å². The molecule has 0 saturated carbocycles. The smallest absolute Gasteiger partial charge is 0.337 e. The van der Waals surface area contributed by atoms with E-state index in [1.165, 1.54) is 0 Å². The highest BCUT2D eigenvalue weighted by Crippen LogP contribution is 2.14. The zero-order valence-electron chi connectivity index (χ0n) is 11.1. The molecule has 0 spiro atoms. The number of carboxylic acid groups (broad SMARTS) is 1. The van der Waals surface area contributed by atoms with Gasteiger partial charge in [-0.3, -0.25) is 4.79 Å². The van der Waals surface area contributed by atoms with Crippen LogP contribution in [0.15, 0.2) is 0 Å². The molecule has 2 unspecified atom stereocenters. The van der Waals surface area contributed by atoms with E-state index >= 15 is 0 Å². The van der Waals surface area contributed by atoms with Crippen LogP contribution in [0.1, 0.15) is 39.5 Å². The Morgan fingerprint density at radius 1 is 1.39 bits per heavy atom. The number of hydrogen-bond acceptors (Lipinski definition) is 4. The predicted octanol–water partition coefficient (Wildman–Crippen LogP) is 0.0934. The summed E-state index contributed by atoms with van der Waals surface area (Å²) in [5.74, 6) is -1.18. The van der Waals surface area contributed by atoms with E-state index in [1.54, 1.807) is 0 Å². The minimum Gasteiger partial charge on any atom is -0.479 e. The van der Waals surface area contributed by atoms with Crippen LogP contribution in [0.2, 0.25) is 0 Å². The molecule has 2 atom stereocenters. The molecule has 5 N–H and O–H groups in total. The fraction of sp³-hybridized carbons (Fsp3) is 0.833. The molecule has 0 aromatic rings. The Morgan fingerprint density at radius 2 is 2.00 bits per heavy atom. The van der Waals surface area contributed by atoms with Crippen molar-refractivity contribution in [1.82, 2.24) is 5.32 Å². The lowest BCUT2D eigenvalue weighted by Crippen LogP contribution is -2.46. The molecular formula is C12H24N2O4. The van der Waals surface area contributed by atoms with E-state index in [0.29, 0.717) is 18.9 Å². The highest BCUT2D eigenvalue weighted by Gasteiger charge is 2.30. The quantitative estimate of drug-likeness (QED) is 0.469. The molecule has 0 heterocycles. The van der Waals surface area contributed by atoms with Gasteiger partial charge in [0.1, 0.15) is 0 Å². The van der Waals surface area contributed by atoms with Crippen LogP contribution < -0.4 is 11.1 Å². The lowest BCUT2D eigenvalue weighted by atomic mass is 9.96. The number of hydrogen-bond donors (Lipinski definition) is 4. The molecule has 0 aliphatic rings. The molecule has 106 valence electrons. The van der Waals surface area contributed by atoms with E-state index < -0.39 is 11.6 Å². The van der Waals surface area contributed by atoms with Gasteiger partial charge in [-0.25, -0.2) is 4.79 Å². The molecule has 6 nitrogen and oxygen atoms in total. The van der Waals surface area contributed by atoms with Gasteiger partial charge in [0.25, 0.3) is 0 Å². The molecule has 1 amide bonds. The first-order chi connectivity index (χ1) is 8.33. The van der Waals surface area contributed by atoms with Gasteiger partial charge in [-0.05, 0) is 32.2 Å². The topological polar surface area (TPSA) is 113 Å². The summed E-state index contributed by atoms with van der Waals surface area (Å²) < 4.78 is 0. The fourth-order valence-electron chi connectivity index (χ4n) is 1.56. The monoisotopic (exact) mass is 260 g/mol. The zero-order chi connectivity index (χ0) is 14.2. The standard InChI is InChI=1S/C12H24N2O4/c1-3-9(6-7-13)4-5-10(15)14-8-12(2,18)11(16)17/h9,18H,3-8,13H2,1-2H3,(H,14,15)(H,16,17). The molecule has 0 aliphatic carbocycles. The number of carbonyl (C=O) groups is 2. The maximum atomic E-state index is 11.5. The zero-order valence-corrected chi connectivity index (χ0v) is 11.1. The first-order valence-electron chi connectivity index (χ1n) is 6.26. The summed E-state index contributed by atoms with van der Waals surface area (Å²) >= 11 is 0. The summed E-state index contributed by atoms with van der Waals surface area (Å²) in [4.78, 5) is 22.1. The number of carboxylic acids is 1.